The van der Waals surface area contributed by atoms with Gasteiger partial charge in [0.15, 0.2) is 5.96 Å². The highest BCUT2D eigenvalue weighted by Gasteiger charge is 2.24. The van der Waals surface area contributed by atoms with E-state index in [4.69, 9.17) is 4.99 Å². The number of H-pyrrole nitrogens is 1. The molecular formula is C18H26IN5. The van der Waals surface area contributed by atoms with E-state index >= 15 is 0 Å². The van der Waals surface area contributed by atoms with Gasteiger partial charge in [0.1, 0.15) is 0 Å². The Labute approximate surface area is 161 Å². The Kier molecular flexibility index (Phi) is 7.55. The first-order valence-electron chi connectivity index (χ1n) is 8.40. The lowest BCUT2D eigenvalue weighted by atomic mass is 9.99. The van der Waals surface area contributed by atoms with Gasteiger partial charge in [0.25, 0.3) is 0 Å². The maximum Gasteiger partial charge on any atom is 0.194 e. The number of hydrogen-bond acceptors (Lipinski definition) is 2. The quantitative estimate of drug-likeness (QED) is 0.428. The van der Waals surface area contributed by atoms with Gasteiger partial charge in [-0.05, 0) is 37.3 Å². The second-order valence-corrected chi connectivity index (χ2v) is 6.04. The molecule has 24 heavy (non-hydrogen) atoms. The average Bonchev–Trinajstić information content (AvgIpc) is 3.24. The minimum atomic E-state index is 0. The Morgan fingerprint density at radius 3 is 2.88 bits per heavy atom. The first kappa shape index (κ1) is 18.8. The van der Waals surface area contributed by atoms with Crippen molar-refractivity contribution >= 4 is 29.9 Å². The second kappa shape index (κ2) is 9.66. The highest BCUT2D eigenvalue weighted by atomic mass is 127. The SMILES string of the molecule is CCNC(=NCc1ccn[nH]1)N1CCC(Cc2ccccc2)C1.I. The molecule has 2 heterocycles. The predicted molar refractivity (Wildman–Crippen MR) is 109 cm³/mol. The van der Waals surface area contributed by atoms with Crippen molar-refractivity contribution in [2.45, 2.75) is 26.3 Å². The van der Waals surface area contributed by atoms with Crippen LogP contribution in [0.15, 0.2) is 47.6 Å². The largest absolute Gasteiger partial charge is 0.357 e. The lowest BCUT2D eigenvalue weighted by molar-refractivity contribution is 0.460. The van der Waals surface area contributed by atoms with Crippen LogP contribution in [0.3, 0.4) is 0 Å². The van der Waals surface area contributed by atoms with Crippen LogP contribution < -0.4 is 5.32 Å². The lowest BCUT2D eigenvalue weighted by Gasteiger charge is -2.21. The molecule has 1 aliphatic rings. The van der Waals surface area contributed by atoms with Gasteiger partial charge in [-0.2, -0.15) is 5.10 Å². The van der Waals surface area contributed by atoms with Crippen molar-refractivity contribution in [2.75, 3.05) is 19.6 Å². The summed E-state index contributed by atoms with van der Waals surface area (Å²) in [5, 5.41) is 10.4. The fourth-order valence-electron chi connectivity index (χ4n) is 3.10. The fraction of sp³-hybridized carbons (Fsp3) is 0.444. The van der Waals surface area contributed by atoms with Crippen LogP contribution in [0.5, 0.6) is 0 Å². The summed E-state index contributed by atoms with van der Waals surface area (Å²) in [7, 11) is 0. The third-order valence-corrected chi connectivity index (χ3v) is 4.25. The van der Waals surface area contributed by atoms with E-state index in [-0.39, 0.29) is 24.0 Å². The molecule has 1 unspecified atom stereocenters. The summed E-state index contributed by atoms with van der Waals surface area (Å²) in [5.74, 6) is 1.71. The molecule has 0 spiro atoms. The first-order chi connectivity index (χ1) is 11.3. The molecule has 1 aromatic carbocycles. The molecule has 0 saturated carbocycles. The molecule has 1 atom stereocenters. The smallest absolute Gasteiger partial charge is 0.194 e. The van der Waals surface area contributed by atoms with Gasteiger partial charge in [-0.3, -0.25) is 5.10 Å². The van der Waals surface area contributed by atoms with Gasteiger partial charge in [-0.25, -0.2) is 4.99 Å². The maximum absolute atomic E-state index is 4.74. The Hall–Kier alpha value is -1.57. The van der Waals surface area contributed by atoms with E-state index in [0.29, 0.717) is 12.5 Å². The van der Waals surface area contributed by atoms with Crippen molar-refractivity contribution < 1.29 is 0 Å². The summed E-state index contributed by atoms with van der Waals surface area (Å²) < 4.78 is 0. The van der Waals surface area contributed by atoms with Crippen LogP contribution in [0.25, 0.3) is 0 Å². The summed E-state index contributed by atoms with van der Waals surface area (Å²) in [6, 6.07) is 12.7. The minimum absolute atomic E-state index is 0. The normalized spacial score (nSPS) is 17.6. The topological polar surface area (TPSA) is 56.3 Å². The van der Waals surface area contributed by atoms with Crippen molar-refractivity contribution in [2.24, 2.45) is 10.9 Å². The van der Waals surface area contributed by atoms with Crippen molar-refractivity contribution in [1.29, 1.82) is 0 Å². The average molecular weight is 439 g/mol. The van der Waals surface area contributed by atoms with Gasteiger partial charge in [-0.15, -0.1) is 24.0 Å². The van der Waals surface area contributed by atoms with Crippen LogP contribution in [0.4, 0.5) is 0 Å². The molecule has 0 radical (unpaired) electrons. The molecule has 1 fully saturated rings. The maximum atomic E-state index is 4.74. The zero-order valence-electron chi connectivity index (χ0n) is 14.1. The molecule has 130 valence electrons. The van der Waals surface area contributed by atoms with Crippen molar-refractivity contribution in [3.8, 4) is 0 Å². The van der Waals surface area contributed by atoms with Crippen molar-refractivity contribution in [1.82, 2.24) is 20.4 Å². The molecule has 2 N–H and O–H groups in total. The summed E-state index contributed by atoms with van der Waals surface area (Å²) >= 11 is 0. The molecule has 0 bridgehead atoms. The Morgan fingerprint density at radius 1 is 1.33 bits per heavy atom. The number of hydrogen-bond donors (Lipinski definition) is 2. The highest BCUT2D eigenvalue weighted by molar-refractivity contribution is 14.0. The molecule has 0 amide bonds. The lowest BCUT2D eigenvalue weighted by Crippen LogP contribution is -2.40. The molecule has 1 saturated heterocycles. The van der Waals surface area contributed by atoms with Gasteiger partial charge in [-0.1, -0.05) is 30.3 Å². The van der Waals surface area contributed by atoms with E-state index in [2.05, 4.69) is 57.7 Å². The monoisotopic (exact) mass is 439 g/mol. The van der Waals surface area contributed by atoms with Crippen LogP contribution in [-0.2, 0) is 13.0 Å². The van der Waals surface area contributed by atoms with Crippen molar-refractivity contribution in [3.05, 3.63) is 53.9 Å². The molecule has 6 heteroatoms. The second-order valence-electron chi connectivity index (χ2n) is 6.04. The van der Waals surface area contributed by atoms with Gasteiger partial charge >= 0.3 is 0 Å². The molecule has 3 rings (SSSR count). The van der Waals surface area contributed by atoms with Gasteiger partial charge in [0, 0.05) is 25.8 Å². The summed E-state index contributed by atoms with van der Waals surface area (Å²) in [5.41, 5.74) is 2.47. The third kappa shape index (κ3) is 5.22. The van der Waals surface area contributed by atoms with Crippen LogP contribution >= 0.6 is 24.0 Å². The molecule has 0 aliphatic carbocycles. The number of halogens is 1. The molecule has 1 aromatic heterocycles. The van der Waals surface area contributed by atoms with Gasteiger partial charge < -0.3 is 10.2 Å². The highest BCUT2D eigenvalue weighted by Crippen LogP contribution is 2.21. The third-order valence-electron chi connectivity index (χ3n) is 4.25. The van der Waals surface area contributed by atoms with Crippen LogP contribution in [0.2, 0.25) is 0 Å². The van der Waals surface area contributed by atoms with E-state index in [1.165, 1.54) is 12.0 Å². The molecule has 5 nitrogen and oxygen atoms in total. The van der Waals surface area contributed by atoms with Gasteiger partial charge in [0.2, 0.25) is 0 Å². The number of aromatic amines is 1. The number of nitrogens with zero attached hydrogens (tertiary/aromatic N) is 3. The predicted octanol–water partition coefficient (Wildman–Crippen LogP) is 3.06. The van der Waals surface area contributed by atoms with Crippen molar-refractivity contribution in [3.63, 3.8) is 0 Å². The van der Waals surface area contributed by atoms with E-state index in [1.807, 2.05) is 6.07 Å². The van der Waals surface area contributed by atoms with Crippen LogP contribution in [-0.4, -0.2) is 40.7 Å². The number of rotatable bonds is 5. The van der Waals surface area contributed by atoms with E-state index in [0.717, 1.165) is 37.7 Å². The number of aromatic nitrogens is 2. The van der Waals surface area contributed by atoms with E-state index in [1.54, 1.807) is 6.20 Å². The summed E-state index contributed by atoms with van der Waals surface area (Å²) in [6.07, 6.45) is 4.14. The number of benzene rings is 1. The van der Waals surface area contributed by atoms with E-state index in [9.17, 15) is 0 Å². The summed E-state index contributed by atoms with van der Waals surface area (Å²) in [4.78, 5) is 7.12. The first-order valence-corrected chi connectivity index (χ1v) is 8.40. The standard InChI is InChI=1S/C18H25N5.HI/c1-2-19-18(20-13-17-8-10-21-22-17)23-11-9-16(14-23)12-15-6-4-3-5-7-15;/h3-8,10,16H,2,9,11-14H2,1H3,(H,19,20)(H,21,22);1H. The Bertz CT molecular complexity index is 612. The zero-order valence-corrected chi connectivity index (χ0v) is 16.4. The molecule has 1 aliphatic heterocycles. The number of likely N-dealkylation sites (tertiary alicyclic amines) is 1. The minimum Gasteiger partial charge on any atom is -0.357 e. The number of guanidine groups is 1. The molecular weight excluding hydrogens is 413 g/mol. The fourth-order valence-corrected chi connectivity index (χ4v) is 3.10. The number of aliphatic imine (C=N–C) groups is 1. The Balaban J connectivity index is 0.00000208. The summed E-state index contributed by atoms with van der Waals surface area (Å²) in [6.45, 7) is 5.79. The van der Waals surface area contributed by atoms with E-state index < -0.39 is 0 Å². The molecule has 2 aromatic rings. The Morgan fingerprint density at radius 2 is 2.17 bits per heavy atom. The zero-order chi connectivity index (χ0) is 15.9. The van der Waals surface area contributed by atoms with Crippen LogP contribution in [0.1, 0.15) is 24.6 Å². The van der Waals surface area contributed by atoms with Crippen LogP contribution in [0, 0.1) is 5.92 Å². The number of nitrogens with one attached hydrogen (secondary N) is 2. The van der Waals surface area contributed by atoms with Gasteiger partial charge in [0.05, 0.1) is 12.2 Å².